The molecular weight excluding hydrogens is 300 g/mol. The quantitative estimate of drug-likeness (QED) is 0.191. The number of hydrogen-bond acceptors (Lipinski definition) is 7. The molecule has 0 amide bonds. The maximum Gasteiger partial charge on any atom is 0.175 e. The summed E-state index contributed by atoms with van der Waals surface area (Å²) in [6.45, 7) is 3.98. The second kappa shape index (κ2) is 7.96. The molecule has 108 valence electrons. The zero-order chi connectivity index (χ0) is 14.3. The highest BCUT2D eigenvalue weighted by atomic mass is 32.2. The molecule has 0 aliphatic heterocycles. The summed E-state index contributed by atoms with van der Waals surface area (Å²) >= 11 is 5.00. The van der Waals surface area contributed by atoms with Crippen molar-refractivity contribution in [3.05, 3.63) is 0 Å². The number of nitrogens with zero attached hydrogens (tertiary/aromatic N) is 3. The van der Waals surface area contributed by atoms with Gasteiger partial charge in [0.05, 0.1) is 0 Å². The standard InChI is InChI=1S/C11H20N4OS3/c1-11(2,8(12)15-16)6-4-5-7-18-10-14-13-9(17-3)19-10/h16H,4-7H2,1-3H3,(H2,12,15). The fourth-order valence-electron chi connectivity index (χ4n) is 1.43. The van der Waals surface area contributed by atoms with Gasteiger partial charge in [-0.25, -0.2) is 0 Å². The molecule has 1 aromatic rings. The molecular formula is C11H20N4OS3. The van der Waals surface area contributed by atoms with E-state index < -0.39 is 0 Å². The lowest BCUT2D eigenvalue weighted by atomic mass is 9.86. The van der Waals surface area contributed by atoms with E-state index in [1.807, 2.05) is 20.1 Å². The van der Waals surface area contributed by atoms with Crippen LogP contribution in [0.15, 0.2) is 13.8 Å². The average molecular weight is 321 g/mol. The van der Waals surface area contributed by atoms with E-state index in [9.17, 15) is 0 Å². The van der Waals surface area contributed by atoms with Crippen molar-refractivity contribution in [2.75, 3.05) is 12.0 Å². The van der Waals surface area contributed by atoms with Crippen LogP contribution in [0.4, 0.5) is 0 Å². The smallest absolute Gasteiger partial charge is 0.175 e. The zero-order valence-electron chi connectivity index (χ0n) is 11.4. The highest BCUT2D eigenvalue weighted by Gasteiger charge is 2.22. The molecule has 0 fully saturated rings. The third-order valence-corrected chi connectivity index (χ3v) is 5.90. The predicted molar refractivity (Wildman–Crippen MR) is 83.5 cm³/mol. The van der Waals surface area contributed by atoms with Gasteiger partial charge < -0.3 is 10.9 Å². The van der Waals surface area contributed by atoms with Gasteiger partial charge in [-0.05, 0) is 19.1 Å². The molecule has 8 heteroatoms. The van der Waals surface area contributed by atoms with Crippen LogP contribution in [-0.4, -0.2) is 33.2 Å². The van der Waals surface area contributed by atoms with Crippen molar-refractivity contribution in [2.45, 2.75) is 41.8 Å². The molecule has 3 N–H and O–H groups in total. The van der Waals surface area contributed by atoms with Crippen LogP contribution in [0.5, 0.6) is 0 Å². The summed E-state index contributed by atoms with van der Waals surface area (Å²) in [5.74, 6) is 1.32. The van der Waals surface area contributed by atoms with Crippen molar-refractivity contribution in [3.8, 4) is 0 Å². The largest absolute Gasteiger partial charge is 0.409 e. The van der Waals surface area contributed by atoms with Crippen LogP contribution in [0.3, 0.4) is 0 Å². The van der Waals surface area contributed by atoms with E-state index >= 15 is 0 Å². The molecule has 1 heterocycles. The van der Waals surface area contributed by atoms with Crippen molar-refractivity contribution in [2.24, 2.45) is 16.3 Å². The van der Waals surface area contributed by atoms with E-state index in [0.29, 0.717) is 5.84 Å². The molecule has 0 aliphatic carbocycles. The summed E-state index contributed by atoms with van der Waals surface area (Å²) in [5.41, 5.74) is 5.41. The highest BCUT2D eigenvalue weighted by molar-refractivity contribution is 8.02. The number of unbranched alkanes of at least 4 members (excludes halogenated alkanes) is 1. The number of aromatic nitrogens is 2. The highest BCUT2D eigenvalue weighted by Crippen LogP contribution is 2.29. The Morgan fingerprint density at radius 2 is 2.05 bits per heavy atom. The normalized spacial score (nSPS) is 12.9. The van der Waals surface area contributed by atoms with Crippen molar-refractivity contribution in [3.63, 3.8) is 0 Å². The first-order chi connectivity index (χ1) is 8.99. The van der Waals surface area contributed by atoms with Gasteiger partial charge in [-0.3, -0.25) is 0 Å². The summed E-state index contributed by atoms with van der Waals surface area (Å²) in [4.78, 5) is 0. The van der Waals surface area contributed by atoms with Crippen LogP contribution in [-0.2, 0) is 0 Å². The molecule has 0 radical (unpaired) electrons. The molecule has 5 nitrogen and oxygen atoms in total. The minimum Gasteiger partial charge on any atom is -0.409 e. The fraction of sp³-hybridized carbons (Fsp3) is 0.727. The van der Waals surface area contributed by atoms with Crippen molar-refractivity contribution in [1.82, 2.24) is 10.2 Å². The van der Waals surface area contributed by atoms with Gasteiger partial charge in [0, 0.05) is 11.2 Å². The van der Waals surface area contributed by atoms with Crippen molar-refractivity contribution >= 4 is 40.7 Å². The molecule has 0 aromatic carbocycles. The van der Waals surface area contributed by atoms with Gasteiger partial charge in [-0.1, -0.05) is 60.3 Å². The lowest BCUT2D eigenvalue weighted by Gasteiger charge is -2.22. The van der Waals surface area contributed by atoms with Gasteiger partial charge in [0.2, 0.25) is 0 Å². The molecule has 1 rings (SSSR count). The Labute approximate surface area is 126 Å². The first-order valence-corrected chi connectivity index (χ1v) is 9.00. The minimum absolute atomic E-state index is 0.242. The molecule has 0 atom stereocenters. The SMILES string of the molecule is CSc1nnc(SCCCCC(C)(C)C(N)=NO)s1. The first-order valence-electron chi connectivity index (χ1n) is 5.98. The number of amidine groups is 1. The molecule has 19 heavy (non-hydrogen) atoms. The number of rotatable bonds is 8. The first kappa shape index (κ1) is 16.6. The van der Waals surface area contributed by atoms with Gasteiger partial charge in [0.1, 0.15) is 5.84 Å². The summed E-state index contributed by atoms with van der Waals surface area (Å²) in [6, 6.07) is 0. The summed E-state index contributed by atoms with van der Waals surface area (Å²) in [6.07, 6.45) is 5.05. The predicted octanol–water partition coefficient (Wildman–Crippen LogP) is 3.30. The van der Waals surface area contributed by atoms with Crippen LogP contribution in [0, 0.1) is 5.41 Å². The monoisotopic (exact) mass is 320 g/mol. The van der Waals surface area contributed by atoms with Gasteiger partial charge in [0.25, 0.3) is 0 Å². The summed E-state index contributed by atoms with van der Waals surface area (Å²) in [7, 11) is 0. The Bertz CT molecular complexity index is 420. The van der Waals surface area contributed by atoms with Gasteiger partial charge in [-0.2, -0.15) is 0 Å². The van der Waals surface area contributed by atoms with Crippen LogP contribution in [0.25, 0.3) is 0 Å². The number of nitrogens with two attached hydrogens (primary N) is 1. The van der Waals surface area contributed by atoms with E-state index in [1.54, 1.807) is 34.9 Å². The number of oxime groups is 1. The van der Waals surface area contributed by atoms with Crippen LogP contribution >= 0.6 is 34.9 Å². The molecule has 0 saturated carbocycles. The maximum absolute atomic E-state index is 8.69. The average Bonchev–Trinajstić information content (AvgIpc) is 2.85. The molecule has 0 saturated heterocycles. The van der Waals surface area contributed by atoms with E-state index in [4.69, 9.17) is 10.9 Å². The van der Waals surface area contributed by atoms with Crippen molar-refractivity contribution in [1.29, 1.82) is 0 Å². The zero-order valence-corrected chi connectivity index (χ0v) is 13.9. The van der Waals surface area contributed by atoms with Gasteiger partial charge >= 0.3 is 0 Å². The number of thioether (sulfide) groups is 2. The molecule has 1 aromatic heterocycles. The Morgan fingerprint density at radius 3 is 2.63 bits per heavy atom. The Hall–Kier alpha value is -0.470. The number of hydrogen-bond donors (Lipinski definition) is 2. The van der Waals surface area contributed by atoms with E-state index in [-0.39, 0.29) is 5.41 Å². The van der Waals surface area contributed by atoms with Crippen LogP contribution in [0.2, 0.25) is 0 Å². The molecule has 0 spiro atoms. The second-order valence-electron chi connectivity index (χ2n) is 4.71. The Kier molecular flexibility index (Phi) is 6.95. The second-order valence-corrected chi connectivity index (χ2v) is 8.09. The Morgan fingerprint density at radius 1 is 1.37 bits per heavy atom. The van der Waals surface area contributed by atoms with Gasteiger partial charge in [0.15, 0.2) is 8.68 Å². The molecule has 0 aliphatic rings. The van der Waals surface area contributed by atoms with E-state index in [2.05, 4.69) is 15.4 Å². The van der Waals surface area contributed by atoms with Gasteiger partial charge in [-0.15, -0.1) is 10.2 Å². The van der Waals surface area contributed by atoms with E-state index in [1.165, 1.54) is 0 Å². The van der Waals surface area contributed by atoms with Crippen molar-refractivity contribution < 1.29 is 5.21 Å². The summed E-state index contributed by atoms with van der Waals surface area (Å²) < 4.78 is 2.04. The minimum atomic E-state index is -0.242. The van der Waals surface area contributed by atoms with Crippen LogP contribution in [0.1, 0.15) is 33.1 Å². The lowest BCUT2D eigenvalue weighted by Crippen LogP contribution is -2.31. The Balaban J connectivity index is 2.21. The topological polar surface area (TPSA) is 84.4 Å². The summed E-state index contributed by atoms with van der Waals surface area (Å²) in [5, 5.41) is 20.0. The fourth-order valence-corrected chi connectivity index (χ4v) is 3.94. The molecule has 0 bridgehead atoms. The third-order valence-electron chi connectivity index (χ3n) is 2.79. The maximum atomic E-state index is 8.69. The van der Waals surface area contributed by atoms with E-state index in [0.717, 1.165) is 33.7 Å². The lowest BCUT2D eigenvalue weighted by molar-refractivity contribution is 0.304. The van der Waals surface area contributed by atoms with Crippen LogP contribution < -0.4 is 5.73 Å². The molecule has 0 unspecified atom stereocenters. The third kappa shape index (κ3) is 5.58.